The van der Waals surface area contributed by atoms with E-state index in [0.29, 0.717) is 29.4 Å². The number of aliphatic hydroxyl groups is 3. The molecular formula is C17H20Cl2N4O5. The summed E-state index contributed by atoms with van der Waals surface area (Å²) in [4.78, 5) is 10.1. The fourth-order valence-corrected chi connectivity index (χ4v) is 4.33. The van der Waals surface area contributed by atoms with Gasteiger partial charge in [-0.15, -0.1) is 0 Å². The number of halogens is 2. The fourth-order valence-electron chi connectivity index (χ4n) is 4.02. The van der Waals surface area contributed by atoms with Gasteiger partial charge in [-0.05, 0) is 24.1 Å². The highest BCUT2D eigenvalue weighted by atomic mass is 35.5. The van der Waals surface area contributed by atoms with E-state index in [2.05, 4.69) is 15.5 Å². The maximum Gasteiger partial charge on any atom is 0.141 e. The summed E-state index contributed by atoms with van der Waals surface area (Å²) in [5.74, 6) is 0.213. The van der Waals surface area contributed by atoms with Gasteiger partial charge >= 0.3 is 0 Å². The van der Waals surface area contributed by atoms with Gasteiger partial charge in [0.15, 0.2) is 0 Å². The van der Waals surface area contributed by atoms with E-state index in [1.165, 1.54) is 12.4 Å². The molecule has 0 aromatic heterocycles. The topological polar surface area (TPSA) is 130 Å². The molecule has 0 spiro atoms. The first-order valence-corrected chi connectivity index (χ1v) is 9.57. The zero-order valence-corrected chi connectivity index (χ0v) is 16.1. The minimum absolute atomic E-state index is 0.179. The van der Waals surface area contributed by atoms with Crippen molar-refractivity contribution in [1.29, 1.82) is 0 Å². The fraction of sp³-hybridized carbons (Fsp3) is 0.529. The van der Waals surface area contributed by atoms with Crippen LogP contribution in [0.2, 0.25) is 10.0 Å². The average molecular weight is 431 g/mol. The van der Waals surface area contributed by atoms with Crippen LogP contribution in [0.15, 0.2) is 28.2 Å². The van der Waals surface area contributed by atoms with Gasteiger partial charge in [-0.3, -0.25) is 20.6 Å². The number of rotatable bonds is 3. The van der Waals surface area contributed by atoms with E-state index in [0.717, 1.165) is 0 Å². The van der Waals surface area contributed by atoms with Crippen molar-refractivity contribution in [1.82, 2.24) is 10.4 Å². The predicted molar refractivity (Wildman–Crippen MR) is 102 cm³/mol. The van der Waals surface area contributed by atoms with Crippen LogP contribution in [-0.4, -0.2) is 74.9 Å². The molecule has 3 aliphatic rings. The first kappa shape index (κ1) is 20.0. The molecular weight excluding hydrogens is 411 g/mol. The van der Waals surface area contributed by atoms with Crippen molar-refractivity contribution in [3.8, 4) is 0 Å². The average Bonchev–Trinajstić information content (AvgIpc) is 3.25. The Morgan fingerprint density at radius 2 is 2.00 bits per heavy atom. The third-order valence-corrected chi connectivity index (χ3v) is 6.22. The van der Waals surface area contributed by atoms with Gasteiger partial charge in [0.05, 0.1) is 16.0 Å². The first-order chi connectivity index (χ1) is 13.4. The number of hydrogen-bond donors (Lipinski definition) is 5. The number of aliphatic hydroxyl groups excluding tert-OH is 3. The Kier molecular flexibility index (Phi) is 5.60. The molecule has 5 N–H and O–H groups in total. The number of benzene rings is 1. The molecule has 2 unspecified atom stereocenters. The third kappa shape index (κ3) is 3.31. The molecule has 1 aromatic rings. The molecule has 0 aliphatic carbocycles. The summed E-state index contributed by atoms with van der Waals surface area (Å²) >= 11 is 11.9. The zero-order chi connectivity index (χ0) is 20.0. The van der Waals surface area contributed by atoms with Crippen LogP contribution in [-0.2, 0) is 4.74 Å². The van der Waals surface area contributed by atoms with Crippen molar-refractivity contribution in [2.24, 2.45) is 15.9 Å². The number of hydroxylamine groups is 1. The second-order valence-corrected chi connectivity index (χ2v) is 7.84. The number of likely N-dealkylation sites (tertiary alicyclic amines) is 1. The van der Waals surface area contributed by atoms with Gasteiger partial charge in [0.25, 0.3) is 0 Å². The predicted octanol–water partition coefficient (Wildman–Crippen LogP) is 0.541. The molecule has 3 aliphatic heterocycles. The molecule has 152 valence electrons. The van der Waals surface area contributed by atoms with Gasteiger partial charge in [0, 0.05) is 6.54 Å². The molecule has 0 bridgehead atoms. The van der Waals surface area contributed by atoms with Crippen LogP contribution in [0, 0.1) is 5.92 Å². The lowest BCUT2D eigenvalue weighted by Crippen LogP contribution is -2.49. The van der Waals surface area contributed by atoms with Crippen molar-refractivity contribution >= 4 is 35.4 Å². The summed E-state index contributed by atoms with van der Waals surface area (Å²) in [6.07, 6.45) is -4.15. The van der Waals surface area contributed by atoms with Crippen LogP contribution in [0.4, 0.5) is 0 Å². The molecule has 4 rings (SSSR count). The minimum Gasteiger partial charge on any atom is -0.387 e. The highest BCUT2D eigenvalue weighted by Crippen LogP contribution is 2.38. The zero-order valence-electron chi connectivity index (χ0n) is 14.6. The van der Waals surface area contributed by atoms with Crippen molar-refractivity contribution in [2.75, 3.05) is 6.54 Å². The Morgan fingerprint density at radius 1 is 1.21 bits per heavy atom. The van der Waals surface area contributed by atoms with Crippen molar-refractivity contribution in [2.45, 2.75) is 43.2 Å². The molecule has 0 radical (unpaired) electrons. The quantitative estimate of drug-likeness (QED) is 0.442. The summed E-state index contributed by atoms with van der Waals surface area (Å²) in [6, 6.07) is 4.63. The Balaban J connectivity index is 1.53. The molecule has 2 fully saturated rings. The maximum absolute atomic E-state index is 10.7. The van der Waals surface area contributed by atoms with Crippen molar-refractivity contribution < 1.29 is 25.3 Å². The summed E-state index contributed by atoms with van der Waals surface area (Å²) in [5, 5.41) is 41.6. The normalized spacial score (nSPS) is 36.3. The lowest BCUT2D eigenvalue weighted by atomic mass is 9.99. The summed E-state index contributed by atoms with van der Waals surface area (Å²) < 4.78 is 5.88. The van der Waals surface area contributed by atoms with Crippen molar-refractivity contribution in [3.05, 3.63) is 33.8 Å². The smallest absolute Gasteiger partial charge is 0.141 e. The summed E-state index contributed by atoms with van der Waals surface area (Å²) in [5.41, 5.74) is 2.50. The van der Waals surface area contributed by atoms with Crippen LogP contribution in [0.5, 0.6) is 0 Å². The van der Waals surface area contributed by atoms with E-state index in [-0.39, 0.29) is 10.9 Å². The molecule has 1 aromatic carbocycles. The Labute approximate surface area is 170 Å². The monoisotopic (exact) mass is 430 g/mol. The Bertz CT molecular complexity index is 810. The van der Waals surface area contributed by atoms with Crippen LogP contribution >= 0.6 is 23.2 Å². The molecule has 7 atom stereocenters. The molecule has 0 saturated carbocycles. The van der Waals surface area contributed by atoms with Crippen LogP contribution < -0.4 is 5.48 Å². The highest BCUT2D eigenvalue weighted by molar-refractivity contribution is 6.42. The van der Waals surface area contributed by atoms with E-state index < -0.39 is 36.8 Å². The Hall–Kier alpha value is -1.30. The van der Waals surface area contributed by atoms with Crippen LogP contribution in [0.3, 0.4) is 0 Å². The minimum atomic E-state index is -1.31. The van der Waals surface area contributed by atoms with E-state index in [4.69, 9.17) is 27.9 Å². The van der Waals surface area contributed by atoms with E-state index in [1.54, 1.807) is 17.0 Å². The lowest BCUT2D eigenvalue weighted by Gasteiger charge is -2.32. The van der Waals surface area contributed by atoms with Gasteiger partial charge in [0.2, 0.25) is 0 Å². The maximum atomic E-state index is 10.7. The molecule has 3 heterocycles. The van der Waals surface area contributed by atoms with Gasteiger partial charge in [-0.25, -0.2) is 4.99 Å². The second kappa shape index (κ2) is 7.85. The molecule has 28 heavy (non-hydrogen) atoms. The number of ether oxygens (including phenoxy) is 1. The van der Waals surface area contributed by atoms with Gasteiger partial charge in [-0.2, -0.15) is 0 Å². The van der Waals surface area contributed by atoms with Crippen LogP contribution in [0.1, 0.15) is 18.1 Å². The van der Waals surface area contributed by atoms with E-state index >= 15 is 0 Å². The van der Waals surface area contributed by atoms with Gasteiger partial charge in [0.1, 0.15) is 49.0 Å². The number of hydrogen-bond acceptors (Lipinski definition) is 9. The standard InChI is InChI=1S/C17H20Cl2N4O5/c18-9-2-1-7(5-10(9)19)11(24)14-12(25)13(26)17(28-14)23-4-3-8-15(22-27)20-6-21-16(8)23/h1-2,5-6,8,11-14,16-17,24-27H,3-4H2,(H,20,21,22)/t8?,11-,12+,13-,14-,16?,17-/m1/s1. The van der Waals surface area contributed by atoms with Crippen LogP contribution in [0.25, 0.3) is 0 Å². The number of fused-ring (bicyclic) bond motifs is 1. The summed E-state index contributed by atoms with van der Waals surface area (Å²) in [7, 11) is 0. The number of amidine groups is 1. The molecule has 9 nitrogen and oxygen atoms in total. The SMILES string of the molecule is ONC1=NC=NC2C1CCN2[C@@H]1O[C@H]([C@H](O)c2ccc(Cl)c(Cl)c2)[C@@H](O)[C@H]1O. The number of aliphatic imine (C=N–C) groups is 2. The third-order valence-electron chi connectivity index (χ3n) is 5.48. The molecule has 2 saturated heterocycles. The summed E-state index contributed by atoms with van der Waals surface area (Å²) in [6.45, 7) is 0.511. The molecule has 11 heteroatoms. The largest absolute Gasteiger partial charge is 0.387 e. The van der Waals surface area contributed by atoms with Gasteiger partial charge in [-0.1, -0.05) is 29.3 Å². The first-order valence-electron chi connectivity index (χ1n) is 8.82. The van der Waals surface area contributed by atoms with E-state index in [1.807, 2.05) is 0 Å². The highest BCUT2D eigenvalue weighted by Gasteiger charge is 2.53. The molecule has 0 amide bonds. The van der Waals surface area contributed by atoms with Crippen molar-refractivity contribution in [3.63, 3.8) is 0 Å². The second-order valence-electron chi connectivity index (χ2n) is 7.03. The Morgan fingerprint density at radius 3 is 2.71 bits per heavy atom. The number of nitrogens with one attached hydrogen (secondary N) is 1. The van der Waals surface area contributed by atoms with E-state index in [9.17, 15) is 20.5 Å². The number of nitrogens with zero attached hydrogens (tertiary/aromatic N) is 3. The lowest BCUT2D eigenvalue weighted by molar-refractivity contribution is -0.120. The van der Waals surface area contributed by atoms with Gasteiger partial charge < -0.3 is 20.1 Å².